The van der Waals surface area contributed by atoms with E-state index in [2.05, 4.69) is 5.32 Å². The van der Waals surface area contributed by atoms with E-state index in [1.807, 2.05) is 31.2 Å². The highest BCUT2D eigenvalue weighted by Crippen LogP contribution is 2.42. The van der Waals surface area contributed by atoms with Crippen LogP contribution in [0.2, 0.25) is 0 Å². The van der Waals surface area contributed by atoms with Crippen molar-refractivity contribution in [1.82, 2.24) is 5.32 Å². The highest BCUT2D eigenvalue weighted by atomic mass is 32.2. The highest BCUT2D eigenvalue weighted by Gasteiger charge is 2.42. The number of alkyl halides is 3. The van der Waals surface area contributed by atoms with E-state index >= 15 is 0 Å². The number of hydrogen-bond donors (Lipinski definition) is 1. The van der Waals surface area contributed by atoms with Crippen LogP contribution in [-0.4, -0.2) is 39.1 Å². The molecule has 0 bridgehead atoms. The Balaban J connectivity index is 1.70. The third-order valence-electron chi connectivity index (χ3n) is 7.85. The highest BCUT2D eigenvalue weighted by molar-refractivity contribution is 7.92. The normalized spacial score (nSPS) is 12.6. The number of anilines is 1. The monoisotopic (exact) mass is 662 g/mol. The minimum Gasteiger partial charge on any atom is -0.455 e. The molecule has 47 heavy (non-hydrogen) atoms. The summed E-state index contributed by atoms with van der Waals surface area (Å²) in [6, 6.07) is 21.3. The van der Waals surface area contributed by atoms with Gasteiger partial charge in [-0.15, -0.1) is 0 Å². The number of amides is 1. The number of sulfonamides is 1. The molecule has 244 valence electrons. The van der Waals surface area contributed by atoms with Crippen molar-refractivity contribution < 1.29 is 35.6 Å². The van der Waals surface area contributed by atoms with Crippen molar-refractivity contribution in [3.05, 3.63) is 113 Å². The van der Waals surface area contributed by atoms with E-state index in [4.69, 9.17) is 4.42 Å². The van der Waals surface area contributed by atoms with Crippen molar-refractivity contribution >= 4 is 38.4 Å². The van der Waals surface area contributed by atoms with Gasteiger partial charge in [-0.1, -0.05) is 79.2 Å². The second-order valence-corrected chi connectivity index (χ2v) is 13.1. The Bertz CT molecular complexity index is 2050. The molecule has 11 heteroatoms. The topological polar surface area (TPSA) is 96.7 Å². The molecule has 0 aliphatic heterocycles. The Morgan fingerprint density at radius 3 is 2.17 bits per heavy atom. The second kappa shape index (κ2) is 13.1. The van der Waals surface area contributed by atoms with Gasteiger partial charge >= 0.3 is 6.18 Å². The molecule has 7 nitrogen and oxygen atoms in total. The molecule has 0 radical (unpaired) electrons. The lowest BCUT2D eigenvalue weighted by atomic mass is 9.95. The van der Waals surface area contributed by atoms with Crippen LogP contribution in [0, 0.1) is 6.92 Å². The number of carbonyl (C=O) groups is 2. The molecule has 0 spiro atoms. The predicted octanol–water partition coefficient (Wildman–Crippen LogP) is 8.49. The van der Waals surface area contributed by atoms with Gasteiger partial charge in [0.15, 0.2) is 11.8 Å². The summed E-state index contributed by atoms with van der Waals surface area (Å²) in [5.74, 6) is -0.826. The maximum absolute atomic E-state index is 14.0. The first-order valence-corrected chi connectivity index (χ1v) is 16.8. The molecule has 0 aliphatic rings. The van der Waals surface area contributed by atoms with Gasteiger partial charge in [-0.25, -0.2) is 8.42 Å². The van der Waals surface area contributed by atoms with E-state index in [0.717, 1.165) is 11.8 Å². The van der Waals surface area contributed by atoms with Crippen LogP contribution in [0.15, 0.2) is 95.4 Å². The van der Waals surface area contributed by atoms with Gasteiger partial charge in [-0.2, -0.15) is 13.2 Å². The summed E-state index contributed by atoms with van der Waals surface area (Å²) < 4.78 is 75.4. The summed E-state index contributed by atoms with van der Waals surface area (Å²) in [5.41, 5.74) is 3.01. The molecule has 0 saturated heterocycles. The van der Waals surface area contributed by atoms with Crippen LogP contribution >= 0.6 is 0 Å². The molecule has 1 unspecified atom stereocenters. The van der Waals surface area contributed by atoms with Crippen LogP contribution in [0.4, 0.5) is 18.9 Å². The van der Waals surface area contributed by atoms with Crippen molar-refractivity contribution in [3.63, 3.8) is 0 Å². The molecule has 0 fully saturated rings. The first-order valence-electron chi connectivity index (χ1n) is 14.9. The SMILES string of the molecule is CCC(=O)c1c(-c2ccc(C)cc2)oc2cc(N(CC)S(C)(=O)=O)c(-c3cccc(C(=O)NC(c4ccccc4)C(F)(F)F)c3)cc12. The summed E-state index contributed by atoms with van der Waals surface area (Å²) in [6.07, 6.45) is -3.53. The van der Waals surface area contributed by atoms with Crippen molar-refractivity contribution in [2.45, 2.75) is 39.4 Å². The molecule has 1 N–H and O–H groups in total. The fourth-order valence-electron chi connectivity index (χ4n) is 5.56. The van der Waals surface area contributed by atoms with Gasteiger partial charge in [0.25, 0.3) is 5.91 Å². The lowest BCUT2D eigenvalue weighted by molar-refractivity contribution is -0.155. The third kappa shape index (κ3) is 6.95. The molecular weight excluding hydrogens is 629 g/mol. The van der Waals surface area contributed by atoms with Gasteiger partial charge in [0.1, 0.15) is 11.3 Å². The molecule has 5 rings (SSSR count). The second-order valence-electron chi connectivity index (χ2n) is 11.2. The Morgan fingerprint density at radius 1 is 0.894 bits per heavy atom. The van der Waals surface area contributed by atoms with E-state index in [1.54, 1.807) is 38.1 Å². The number of fused-ring (bicyclic) bond motifs is 1. The number of halogens is 3. The summed E-state index contributed by atoms with van der Waals surface area (Å²) in [4.78, 5) is 26.7. The number of nitrogens with zero attached hydrogens (tertiary/aromatic N) is 1. The quantitative estimate of drug-likeness (QED) is 0.151. The van der Waals surface area contributed by atoms with Gasteiger partial charge in [0, 0.05) is 41.1 Å². The first kappa shape index (κ1) is 33.5. The molecule has 1 amide bonds. The number of ketones is 1. The average molecular weight is 663 g/mol. The number of rotatable bonds is 10. The zero-order valence-electron chi connectivity index (χ0n) is 26.2. The van der Waals surface area contributed by atoms with E-state index < -0.39 is 28.1 Å². The van der Waals surface area contributed by atoms with E-state index in [9.17, 15) is 31.2 Å². The minimum absolute atomic E-state index is 0.0497. The third-order valence-corrected chi connectivity index (χ3v) is 9.10. The van der Waals surface area contributed by atoms with Gasteiger partial charge in [0.05, 0.1) is 17.5 Å². The molecule has 4 aromatic carbocycles. The maximum atomic E-state index is 14.0. The number of benzene rings is 4. The molecule has 1 atom stereocenters. The zero-order chi connectivity index (χ0) is 34.1. The molecular formula is C36H33F3N2O5S. The fraction of sp³-hybridized carbons (Fsp3) is 0.222. The lowest BCUT2D eigenvalue weighted by Gasteiger charge is -2.24. The Kier molecular flexibility index (Phi) is 9.31. The van der Waals surface area contributed by atoms with Gasteiger partial charge < -0.3 is 9.73 Å². The fourth-order valence-corrected chi connectivity index (χ4v) is 6.53. The molecule has 5 aromatic rings. The van der Waals surface area contributed by atoms with Crippen LogP contribution < -0.4 is 9.62 Å². The van der Waals surface area contributed by atoms with Gasteiger partial charge in [-0.3, -0.25) is 13.9 Å². The molecule has 0 aliphatic carbocycles. The summed E-state index contributed by atoms with van der Waals surface area (Å²) in [6.45, 7) is 5.37. The van der Waals surface area contributed by atoms with Gasteiger partial charge in [-0.05, 0) is 43.2 Å². The largest absolute Gasteiger partial charge is 0.455 e. The van der Waals surface area contributed by atoms with E-state index in [-0.39, 0.29) is 41.1 Å². The molecule has 1 heterocycles. The van der Waals surface area contributed by atoms with Crippen LogP contribution in [0.25, 0.3) is 33.4 Å². The van der Waals surface area contributed by atoms with Crippen LogP contribution in [-0.2, 0) is 10.0 Å². The van der Waals surface area contributed by atoms with Crippen molar-refractivity contribution in [3.8, 4) is 22.5 Å². The zero-order valence-corrected chi connectivity index (χ0v) is 27.0. The van der Waals surface area contributed by atoms with Crippen molar-refractivity contribution in [1.29, 1.82) is 0 Å². The Labute approximate surface area is 271 Å². The van der Waals surface area contributed by atoms with E-state index in [0.29, 0.717) is 33.4 Å². The summed E-state index contributed by atoms with van der Waals surface area (Å²) in [7, 11) is -3.82. The predicted molar refractivity (Wildman–Crippen MR) is 177 cm³/mol. The summed E-state index contributed by atoms with van der Waals surface area (Å²) in [5, 5.41) is 2.53. The van der Waals surface area contributed by atoms with Gasteiger partial charge in [0.2, 0.25) is 10.0 Å². The Morgan fingerprint density at radius 2 is 1.57 bits per heavy atom. The Hall–Kier alpha value is -4.90. The maximum Gasteiger partial charge on any atom is 0.412 e. The number of aryl methyl sites for hydroxylation is 1. The molecule has 1 aromatic heterocycles. The summed E-state index contributed by atoms with van der Waals surface area (Å²) >= 11 is 0. The standard InChI is InChI=1S/C36H33F3N2O5S/c1-5-30(42)32-28-20-27(25-13-10-14-26(19-25)35(43)40-34(36(37,38)39)24-11-8-7-9-12-24)29(41(6-2)47(4,44)45)21-31(28)46-33(32)23-17-15-22(3)16-18-23/h7-21,34H,5-6H2,1-4H3,(H,40,43). The van der Waals surface area contributed by atoms with Crippen LogP contribution in [0.5, 0.6) is 0 Å². The van der Waals surface area contributed by atoms with Crippen molar-refractivity contribution in [2.24, 2.45) is 0 Å². The number of hydrogen-bond acceptors (Lipinski definition) is 5. The number of carbonyl (C=O) groups excluding carboxylic acids is 2. The van der Waals surface area contributed by atoms with Crippen LogP contribution in [0.1, 0.15) is 58.2 Å². The smallest absolute Gasteiger partial charge is 0.412 e. The number of nitrogens with one attached hydrogen (secondary N) is 1. The van der Waals surface area contributed by atoms with E-state index in [1.165, 1.54) is 46.8 Å². The van der Waals surface area contributed by atoms with Crippen molar-refractivity contribution in [2.75, 3.05) is 17.1 Å². The first-order chi connectivity index (χ1) is 22.2. The van der Waals surface area contributed by atoms with Crippen LogP contribution in [0.3, 0.4) is 0 Å². The number of furan rings is 1. The lowest BCUT2D eigenvalue weighted by Crippen LogP contribution is -2.38. The molecule has 0 saturated carbocycles. The number of Topliss-reactive ketones (excluding diaryl/α,β-unsaturated/α-hetero) is 1. The minimum atomic E-state index is -4.76. The average Bonchev–Trinajstić information content (AvgIpc) is 3.41.